The van der Waals surface area contributed by atoms with E-state index in [0.717, 1.165) is 0 Å². The van der Waals surface area contributed by atoms with E-state index in [0.29, 0.717) is 0 Å². The lowest BCUT2D eigenvalue weighted by Crippen LogP contribution is -2.26. The molecule has 0 saturated carbocycles. The van der Waals surface area contributed by atoms with Crippen LogP contribution in [0.3, 0.4) is 0 Å². The lowest BCUT2D eigenvalue weighted by atomic mass is 9.91. The van der Waals surface area contributed by atoms with Gasteiger partial charge in [-0.25, -0.2) is 9.59 Å². The van der Waals surface area contributed by atoms with Gasteiger partial charge in [0.15, 0.2) is 0 Å². The zero-order valence-corrected chi connectivity index (χ0v) is 5.94. The fourth-order valence-corrected chi connectivity index (χ4v) is 1.68. The first kappa shape index (κ1) is 6.14. The summed E-state index contributed by atoms with van der Waals surface area (Å²) in [4.78, 5) is 22.2. The highest BCUT2D eigenvalue weighted by molar-refractivity contribution is 6.13. The maximum absolute atomic E-state index is 11.1. The molecule has 0 aromatic rings. The Labute approximate surface area is 67.4 Å². The molecule has 2 heterocycles. The Bertz CT molecular complexity index is 333. The number of cyclic esters (lactones) is 2. The van der Waals surface area contributed by atoms with Crippen LogP contribution >= 0.6 is 0 Å². The predicted octanol–water partition coefficient (Wildman–Crippen LogP) is -0.296. The lowest BCUT2D eigenvalue weighted by Gasteiger charge is -1.98. The zero-order chi connectivity index (χ0) is 8.40. The highest BCUT2D eigenvalue weighted by Crippen LogP contribution is 2.57. The van der Waals surface area contributed by atoms with Gasteiger partial charge in [0.05, 0.1) is 0 Å². The van der Waals surface area contributed by atoms with Crippen LogP contribution < -0.4 is 0 Å². The molecule has 2 saturated heterocycles. The van der Waals surface area contributed by atoms with Gasteiger partial charge in [-0.15, -0.1) is 0 Å². The maximum atomic E-state index is 11.1. The molecule has 2 unspecified atom stereocenters. The molecule has 12 heavy (non-hydrogen) atoms. The average molecular weight is 164 g/mol. The van der Waals surface area contributed by atoms with Crippen molar-refractivity contribution in [3.05, 3.63) is 24.3 Å². The van der Waals surface area contributed by atoms with E-state index in [-0.39, 0.29) is 0 Å². The standard InChI is InChI=1S/C8H4O4/c9-5-7-3-1-2-4-8(7,12-7)6(10)11-5/h1-4H. The first-order chi connectivity index (χ1) is 5.71. The predicted molar refractivity (Wildman–Crippen MR) is 35.9 cm³/mol. The van der Waals surface area contributed by atoms with Crippen molar-refractivity contribution in [1.82, 2.24) is 0 Å². The third-order valence-corrected chi connectivity index (χ3v) is 2.40. The lowest BCUT2D eigenvalue weighted by molar-refractivity contribution is -0.162. The number of allylic oxidation sites excluding steroid dienone is 2. The molecule has 2 fully saturated rings. The van der Waals surface area contributed by atoms with Crippen molar-refractivity contribution in [2.24, 2.45) is 0 Å². The molecular formula is C8H4O4. The van der Waals surface area contributed by atoms with Crippen molar-refractivity contribution < 1.29 is 19.1 Å². The second-order valence-electron chi connectivity index (χ2n) is 2.97. The molecule has 0 bridgehead atoms. The van der Waals surface area contributed by atoms with Gasteiger partial charge in [0.25, 0.3) is 0 Å². The van der Waals surface area contributed by atoms with Crippen molar-refractivity contribution in [2.75, 3.05) is 0 Å². The minimum atomic E-state index is -1.11. The van der Waals surface area contributed by atoms with Crippen LogP contribution in [0, 0.1) is 0 Å². The summed E-state index contributed by atoms with van der Waals surface area (Å²) in [6.45, 7) is 0. The Kier molecular flexibility index (Phi) is 0.707. The number of ether oxygens (including phenoxy) is 2. The molecule has 0 N–H and O–H groups in total. The minimum Gasteiger partial charge on any atom is -0.388 e. The van der Waals surface area contributed by atoms with Crippen LogP contribution in [0.15, 0.2) is 24.3 Å². The van der Waals surface area contributed by atoms with Gasteiger partial charge in [0, 0.05) is 0 Å². The highest BCUT2D eigenvalue weighted by atomic mass is 16.7. The first-order valence-corrected chi connectivity index (χ1v) is 3.55. The normalized spacial score (nSPS) is 47.0. The average Bonchev–Trinajstić information content (AvgIpc) is 2.69. The molecule has 0 radical (unpaired) electrons. The maximum Gasteiger partial charge on any atom is 0.354 e. The van der Waals surface area contributed by atoms with Crippen LogP contribution in [0.1, 0.15) is 0 Å². The van der Waals surface area contributed by atoms with E-state index in [1.165, 1.54) is 0 Å². The number of carbonyl (C=O) groups excluding carboxylic acids is 2. The molecule has 2 aliphatic heterocycles. The smallest absolute Gasteiger partial charge is 0.354 e. The molecule has 4 nitrogen and oxygen atoms in total. The van der Waals surface area contributed by atoms with Gasteiger partial charge in [-0.2, -0.15) is 0 Å². The summed E-state index contributed by atoms with van der Waals surface area (Å²) in [5.41, 5.74) is -2.22. The summed E-state index contributed by atoms with van der Waals surface area (Å²) in [6.07, 6.45) is 6.46. The largest absolute Gasteiger partial charge is 0.388 e. The SMILES string of the molecule is O=C1OC(=O)C23C=CC=CC12O3. The third kappa shape index (κ3) is 0.368. The van der Waals surface area contributed by atoms with Crippen LogP contribution in [-0.4, -0.2) is 23.1 Å². The number of hydrogen-bond donors (Lipinski definition) is 0. The summed E-state index contributed by atoms with van der Waals surface area (Å²) < 4.78 is 9.56. The van der Waals surface area contributed by atoms with E-state index in [2.05, 4.69) is 4.74 Å². The molecule has 60 valence electrons. The Morgan fingerprint density at radius 3 is 2.00 bits per heavy atom. The van der Waals surface area contributed by atoms with Gasteiger partial charge in [0.1, 0.15) is 0 Å². The summed E-state index contributed by atoms with van der Waals surface area (Å²) >= 11 is 0. The number of rotatable bonds is 0. The number of esters is 2. The Morgan fingerprint density at radius 1 is 1.00 bits per heavy atom. The zero-order valence-electron chi connectivity index (χ0n) is 5.94. The number of epoxide rings is 1. The Balaban J connectivity index is 2.24. The van der Waals surface area contributed by atoms with Crippen molar-refractivity contribution in [2.45, 2.75) is 11.2 Å². The minimum absolute atomic E-state index is 0.604. The van der Waals surface area contributed by atoms with Gasteiger partial charge in [0.2, 0.25) is 11.2 Å². The molecule has 3 rings (SSSR count). The molecule has 0 aromatic carbocycles. The van der Waals surface area contributed by atoms with Crippen LogP contribution in [0.2, 0.25) is 0 Å². The van der Waals surface area contributed by atoms with E-state index < -0.39 is 23.1 Å². The Morgan fingerprint density at radius 2 is 1.50 bits per heavy atom. The highest BCUT2D eigenvalue weighted by Gasteiger charge is 2.84. The summed E-state index contributed by atoms with van der Waals surface area (Å²) in [5.74, 6) is -1.21. The number of carbonyl (C=O) groups is 2. The van der Waals surface area contributed by atoms with E-state index in [4.69, 9.17) is 4.74 Å². The fourth-order valence-electron chi connectivity index (χ4n) is 1.68. The fraction of sp³-hybridized carbons (Fsp3) is 0.250. The third-order valence-electron chi connectivity index (χ3n) is 2.40. The molecule has 0 spiro atoms. The second-order valence-corrected chi connectivity index (χ2v) is 2.97. The molecule has 3 aliphatic rings. The topological polar surface area (TPSA) is 55.9 Å². The van der Waals surface area contributed by atoms with E-state index >= 15 is 0 Å². The molecule has 4 heteroatoms. The van der Waals surface area contributed by atoms with Crippen molar-refractivity contribution in [1.29, 1.82) is 0 Å². The van der Waals surface area contributed by atoms with Gasteiger partial charge < -0.3 is 9.47 Å². The van der Waals surface area contributed by atoms with Crippen LogP contribution in [0.4, 0.5) is 0 Å². The van der Waals surface area contributed by atoms with Gasteiger partial charge in [-0.05, 0) is 12.2 Å². The van der Waals surface area contributed by atoms with E-state index in [1.54, 1.807) is 24.3 Å². The summed E-state index contributed by atoms with van der Waals surface area (Å²) in [6, 6.07) is 0. The van der Waals surface area contributed by atoms with Crippen molar-refractivity contribution in [3.8, 4) is 0 Å². The second kappa shape index (κ2) is 1.38. The summed E-state index contributed by atoms with van der Waals surface area (Å²) in [7, 11) is 0. The van der Waals surface area contributed by atoms with Gasteiger partial charge in [-0.1, -0.05) is 12.2 Å². The molecule has 1 aliphatic carbocycles. The quantitative estimate of drug-likeness (QED) is 0.280. The van der Waals surface area contributed by atoms with Crippen LogP contribution in [-0.2, 0) is 19.1 Å². The monoisotopic (exact) mass is 164 g/mol. The van der Waals surface area contributed by atoms with E-state index in [1.807, 2.05) is 0 Å². The van der Waals surface area contributed by atoms with Gasteiger partial charge >= 0.3 is 11.9 Å². The molecular weight excluding hydrogens is 160 g/mol. The molecule has 0 aromatic heterocycles. The number of hydrogen-bond acceptors (Lipinski definition) is 4. The van der Waals surface area contributed by atoms with Crippen molar-refractivity contribution in [3.63, 3.8) is 0 Å². The molecule has 0 amide bonds. The van der Waals surface area contributed by atoms with Crippen molar-refractivity contribution >= 4 is 11.9 Å². The molecule has 2 atom stereocenters. The van der Waals surface area contributed by atoms with Crippen LogP contribution in [0.5, 0.6) is 0 Å². The van der Waals surface area contributed by atoms with Crippen LogP contribution in [0.25, 0.3) is 0 Å². The Hall–Kier alpha value is -1.42. The van der Waals surface area contributed by atoms with E-state index in [9.17, 15) is 9.59 Å². The summed E-state index contributed by atoms with van der Waals surface area (Å²) in [5, 5.41) is 0. The van der Waals surface area contributed by atoms with Gasteiger partial charge in [-0.3, -0.25) is 0 Å². The first-order valence-electron chi connectivity index (χ1n) is 3.55.